The first kappa shape index (κ1) is 11.7. The Morgan fingerprint density at radius 3 is 2.82 bits per heavy atom. The molecule has 17 heavy (non-hydrogen) atoms. The average molecular weight is 231 g/mol. The van der Waals surface area contributed by atoms with Gasteiger partial charge in [-0.05, 0) is 19.5 Å². The second-order valence-corrected chi connectivity index (χ2v) is 3.99. The van der Waals surface area contributed by atoms with Crippen molar-refractivity contribution in [3.05, 3.63) is 30.0 Å². The Morgan fingerprint density at radius 2 is 2.18 bits per heavy atom. The predicted molar refractivity (Wildman–Crippen MR) is 66.4 cm³/mol. The molecule has 0 aromatic carbocycles. The van der Waals surface area contributed by atoms with Gasteiger partial charge in [-0.25, -0.2) is 15.0 Å². The molecule has 0 atom stereocenters. The zero-order chi connectivity index (χ0) is 12.3. The number of imidazole rings is 1. The summed E-state index contributed by atoms with van der Waals surface area (Å²) < 4.78 is 1.92. The molecule has 2 aromatic rings. The van der Waals surface area contributed by atoms with Crippen LogP contribution in [0.2, 0.25) is 0 Å². The molecule has 2 rings (SSSR count). The Balaban J connectivity index is 2.35. The fourth-order valence-corrected chi connectivity index (χ4v) is 1.66. The molecule has 0 unspecified atom stereocenters. The maximum atomic E-state index is 4.54. The van der Waals surface area contributed by atoms with Crippen LogP contribution in [0.3, 0.4) is 0 Å². The molecule has 0 spiro atoms. The van der Waals surface area contributed by atoms with E-state index in [9.17, 15) is 0 Å². The fourth-order valence-electron chi connectivity index (χ4n) is 1.66. The molecule has 0 amide bonds. The highest BCUT2D eigenvalue weighted by Crippen LogP contribution is 2.14. The van der Waals surface area contributed by atoms with E-state index in [4.69, 9.17) is 0 Å². The normalized spacial score (nSPS) is 10.8. The van der Waals surface area contributed by atoms with Crippen LogP contribution in [-0.4, -0.2) is 26.1 Å². The number of nitrogens with one attached hydrogen (secondary N) is 1. The summed E-state index contributed by atoms with van der Waals surface area (Å²) in [6.45, 7) is 5.77. The number of nitrogens with zero attached hydrogens (tertiary/aromatic N) is 4. The summed E-state index contributed by atoms with van der Waals surface area (Å²) in [5, 5.41) is 3.27. The number of hydrogen-bond acceptors (Lipinski definition) is 4. The minimum atomic E-state index is 0.734. The largest absolute Gasteiger partial charge is 0.331 e. The summed E-state index contributed by atoms with van der Waals surface area (Å²) >= 11 is 0. The fraction of sp³-hybridized carbons (Fsp3) is 0.417. The molecule has 0 radical (unpaired) electrons. The highest BCUT2D eigenvalue weighted by atomic mass is 15.1. The summed E-state index contributed by atoms with van der Waals surface area (Å²) in [4.78, 5) is 13.1. The number of rotatable bonds is 4. The number of hydrogen-bond donors (Lipinski definition) is 1. The van der Waals surface area contributed by atoms with Gasteiger partial charge in [-0.2, -0.15) is 0 Å². The first-order chi connectivity index (χ1) is 8.20. The SMILES string of the molecule is CCNCc1cc(C)nc(-c2cncn2C)n1. The van der Waals surface area contributed by atoms with Crippen molar-refractivity contribution in [3.63, 3.8) is 0 Å². The third-order valence-corrected chi connectivity index (χ3v) is 2.51. The van der Waals surface area contributed by atoms with Crippen LogP contribution in [0.15, 0.2) is 18.6 Å². The van der Waals surface area contributed by atoms with E-state index in [-0.39, 0.29) is 0 Å². The zero-order valence-electron chi connectivity index (χ0n) is 10.4. The van der Waals surface area contributed by atoms with Crippen LogP contribution in [0.4, 0.5) is 0 Å². The van der Waals surface area contributed by atoms with Gasteiger partial charge in [0, 0.05) is 19.3 Å². The molecule has 5 nitrogen and oxygen atoms in total. The molecule has 0 bridgehead atoms. The predicted octanol–water partition coefficient (Wildman–Crippen LogP) is 1.30. The van der Waals surface area contributed by atoms with Gasteiger partial charge >= 0.3 is 0 Å². The van der Waals surface area contributed by atoms with Crippen molar-refractivity contribution in [3.8, 4) is 11.5 Å². The van der Waals surface area contributed by atoms with Crippen molar-refractivity contribution in [2.45, 2.75) is 20.4 Å². The van der Waals surface area contributed by atoms with Crippen LogP contribution in [0.1, 0.15) is 18.3 Å². The van der Waals surface area contributed by atoms with E-state index in [1.54, 1.807) is 12.5 Å². The van der Waals surface area contributed by atoms with Crippen LogP contribution in [0.25, 0.3) is 11.5 Å². The van der Waals surface area contributed by atoms with Gasteiger partial charge in [-0.15, -0.1) is 0 Å². The Labute approximate surface area is 101 Å². The highest BCUT2D eigenvalue weighted by Gasteiger charge is 2.08. The molecule has 0 saturated heterocycles. The lowest BCUT2D eigenvalue weighted by atomic mass is 10.3. The van der Waals surface area contributed by atoms with Crippen molar-refractivity contribution in [1.29, 1.82) is 0 Å². The molecule has 0 saturated carbocycles. The standard InChI is InChI=1S/C12H17N5/c1-4-13-6-10-5-9(2)15-12(16-10)11-7-14-8-17(11)3/h5,7-8,13H,4,6H2,1-3H3. The van der Waals surface area contributed by atoms with Gasteiger partial charge in [-0.3, -0.25) is 0 Å². The van der Waals surface area contributed by atoms with E-state index in [0.717, 1.165) is 36.0 Å². The third-order valence-electron chi connectivity index (χ3n) is 2.51. The maximum Gasteiger partial charge on any atom is 0.178 e. The second kappa shape index (κ2) is 5.05. The summed E-state index contributed by atoms with van der Waals surface area (Å²) in [6, 6.07) is 2.00. The van der Waals surface area contributed by atoms with Crippen LogP contribution < -0.4 is 5.32 Å². The molecule has 0 fully saturated rings. The minimum Gasteiger partial charge on any atom is -0.331 e. The molecule has 5 heteroatoms. The Bertz CT molecular complexity index is 503. The molecule has 1 N–H and O–H groups in total. The van der Waals surface area contributed by atoms with Crippen molar-refractivity contribution in [1.82, 2.24) is 24.8 Å². The van der Waals surface area contributed by atoms with Crippen LogP contribution in [0, 0.1) is 6.92 Å². The van der Waals surface area contributed by atoms with E-state index in [2.05, 4.69) is 27.2 Å². The topological polar surface area (TPSA) is 55.6 Å². The molecular formula is C12H17N5. The lowest BCUT2D eigenvalue weighted by Gasteiger charge is -2.06. The third kappa shape index (κ3) is 2.68. The van der Waals surface area contributed by atoms with Crippen molar-refractivity contribution in [2.75, 3.05) is 6.54 Å². The van der Waals surface area contributed by atoms with Gasteiger partial charge in [0.25, 0.3) is 0 Å². The lowest BCUT2D eigenvalue weighted by Crippen LogP contribution is -2.14. The lowest BCUT2D eigenvalue weighted by molar-refractivity contribution is 0.707. The Morgan fingerprint density at radius 1 is 1.35 bits per heavy atom. The van der Waals surface area contributed by atoms with Gasteiger partial charge in [0.05, 0.1) is 18.2 Å². The first-order valence-electron chi connectivity index (χ1n) is 5.72. The first-order valence-corrected chi connectivity index (χ1v) is 5.72. The molecule has 2 heterocycles. The summed E-state index contributed by atoms with van der Waals surface area (Å²) in [5.74, 6) is 0.734. The van der Waals surface area contributed by atoms with Crippen LogP contribution in [-0.2, 0) is 13.6 Å². The average Bonchev–Trinajstić information content (AvgIpc) is 2.72. The quantitative estimate of drug-likeness (QED) is 0.861. The van der Waals surface area contributed by atoms with Gasteiger partial charge in [0.1, 0.15) is 5.69 Å². The van der Waals surface area contributed by atoms with Crippen molar-refractivity contribution in [2.24, 2.45) is 7.05 Å². The molecule has 2 aromatic heterocycles. The number of aryl methyl sites for hydroxylation is 2. The minimum absolute atomic E-state index is 0.734. The second-order valence-electron chi connectivity index (χ2n) is 3.99. The van der Waals surface area contributed by atoms with Crippen molar-refractivity contribution < 1.29 is 0 Å². The summed E-state index contributed by atoms with van der Waals surface area (Å²) in [6.07, 6.45) is 3.54. The summed E-state index contributed by atoms with van der Waals surface area (Å²) in [7, 11) is 1.94. The van der Waals surface area contributed by atoms with E-state index in [0.29, 0.717) is 0 Å². The Kier molecular flexibility index (Phi) is 3.49. The molecule has 0 aliphatic carbocycles. The molecule has 90 valence electrons. The van der Waals surface area contributed by atoms with Crippen LogP contribution >= 0.6 is 0 Å². The van der Waals surface area contributed by atoms with Crippen LogP contribution in [0.5, 0.6) is 0 Å². The van der Waals surface area contributed by atoms with Gasteiger partial charge in [0.15, 0.2) is 5.82 Å². The molecule has 0 aliphatic heterocycles. The number of aromatic nitrogens is 4. The summed E-state index contributed by atoms with van der Waals surface area (Å²) in [5.41, 5.74) is 2.92. The smallest absolute Gasteiger partial charge is 0.178 e. The van der Waals surface area contributed by atoms with Crippen molar-refractivity contribution >= 4 is 0 Å². The zero-order valence-corrected chi connectivity index (χ0v) is 10.4. The maximum absolute atomic E-state index is 4.54. The monoisotopic (exact) mass is 231 g/mol. The van der Waals surface area contributed by atoms with E-state index < -0.39 is 0 Å². The highest BCUT2D eigenvalue weighted by molar-refractivity contribution is 5.48. The van der Waals surface area contributed by atoms with Gasteiger partial charge < -0.3 is 9.88 Å². The van der Waals surface area contributed by atoms with Gasteiger partial charge in [0.2, 0.25) is 0 Å². The van der Waals surface area contributed by atoms with E-state index in [1.165, 1.54) is 0 Å². The van der Waals surface area contributed by atoms with Gasteiger partial charge in [-0.1, -0.05) is 6.92 Å². The molecular weight excluding hydrogens is 214 g/mol. The van der Waals surface area contributed by atoms with E-state index >= 15 is 0 Å². The Hall–Kier alpha value is -1.75. The van der Waals surface area contributed by atoms with E-state index in [1.807, 2.05) is 24.6 Å². The molecule has 0 aliphatic rings.